The predicted octanol–water partition coefficient (Wildman–Crippen LogP) is -1.86. The minimum Gasteiger partial charge on any atom is -0.345 e. The third-order valence-corrected chi connectivity index (χ3v) is 5.14. The SMILES string of the molecule is CC(NC(=O)CCSSCCC(=O)NC(C)C(=O)NN)C(=O)NN. The molecular weight excluding hydrogens is 356 g/mol. The van der Waals surface area contributed by atoms with Crippen molar-refractivity contribution in [2.24, 2.45) is 11.7 Å². The first-order valence-corrected chi connectivity index (χ1v) is 9.64. The fraction of sp³-hybridized carbons (Fsp3) is 0.667. The average Bonchev–Trinajstić information content (AvgIpc) is 2.55. The molecule has 0 fully saturated rings. The minimum absolute atomic E-state index is 0.250. The van der Waals surface area contributed by atoms with Gasteiger partial charge in [0.2, 0.25) is 11.8 Å². The lowest BCUT2D eigenvalue weighted by molar-refractivity contribution is -0.128. The summed E-state index contributed by atoms with van der Waals surface area (Å²) in [7, 11) is 2.89. The number of hydrazine groups is 2. The monoisotopic (exact) mass is 380 g/mol. The Morgan fingerprint density at radius 2 is 1.12 bits per heavy atom. The first-order chi connectivity index (χ1) is 11.3. The van der Waals surface area contributed by atoms with Gasteiger partial charge in [-0.1, -0.05) is 21.6 Å². The second kappa shape index (κ2) is 12.9. The van der Waals surface area contributed by atoms with E-state index < -0.39 is 23.9 Å². The van der Waals surface area contributed by atoms with Crippen molar-refractivity contribution in [3.05, 3.63) is 0 Å². The van der Waals surface area contributed by atoms with E-state index in [-0.39, 0.29) is 24.7 Å². The lowest BCUT2D eigenvalue weighted by Crippen LogP contribution is -2.47. The molecule has 0 radical (unpaired) electrons. The highest BCUT2D eigenvalue weighted by molar-refractivity contribution is 8.76. The number of hydrogen-bond acceptors (Lipinski definition) is 8. The molecule has 0 saturated heterocycles. The van der Waals surface area contributed by atoms with E-state index in [0.29, 0.717) is 11.5 Å². The highest BCUT2D eigenvalue weighted by atomic mass is 33.1. The summed E-state index contributed by atoms with van der Waals surface area (Å²) in [6.07, 6.45) is 0.500. The zero-order valence-corrected chi connectivity index (χ0v) is 15.2. The highest BCUT2D eigenvalue weighted by Crippen LogP contribution is 2.22. The van der Waals surface area contributed by atoms with E-state index >= 15 is 0 Å². The third-order valence-electron chi connectivity index (χ3n) is 2.73. The van der Waals surface area contributed by atoms with Crippen molar-refractivity contribution in [2.45, 2.75) is 38.8 Å². The molecule has 0 aromatic carbocycles. The Morgan fingerprint density at radius 3 is 1.42 bits per heavy atom. The molecule has 10 nitrogen and oxygen atoms in total. The quantitative estimate of drug-likeness (QED) is 0.0797. The molecule has 0 aromatic rings. The molecular formula is C12H24N6O4S2. The molecule has 0 aliphatic heterocycles. The van der Waals surface area contributed by atoms with Gasteiger partial charge < -0.3 is 10.6 Å². The van der Waals surface area contributed by atoms with Crippen LogP contribution in [0.25, 0.3) is 0 Å². The van der Waals surface area contributed by atoms with Crippen LogP contribution in [0.3, 0.4) is 0 Å². The standard InChI is InChI=1S/C12H24N6O4S2/c1-7(11(21)17-13)15-9(19)3-5-23-24-6-4-10(20)16-8(2)12(22)18-14/h7-8H,3-6,13-14H2,1-2H3,(H,15,19)(H,16,20)(H,17,21)(H,18,22). The molecule has 2 unspecified atom stereocenters. The Morgan fingerprint density at radius 1 is 0.792 bits per heavy atom. The Kier molecular flexibility index (Phi) is 12.1. The fourth-order valence-corrected chi connectivity index (χ4v) is 3.38. The number of carbonyl (C=O) groups is 4. The molecule has 0 saturated carbocycles. The number of amides is 4. The topological polar surface area (TPSA) is 168 Å². The van der Waals surface area contributed by atoms with Gasteiger partial charge in [-0.25, -0.2) is 11.7 Å². The minimum atomic E-state index is -0.684. The normalized spacial score (nSPS) is 12.7. The Hall–Kier alpha value is -1.50. The number of rotatable bonds is 11. The molecule has 2 atom stereocenters. The van der Waals surface area contributed by atoms with Crippen molar-refractivity contribution < 1.29 is 19.2 Å². The summed E-state index contributed by atoms with van der Waals surface area (Å²) in [4.78, 5) is 45.4. The van der Waals surface area contributed by atoms with Crippen molar-refractivity contribution in [2.75, 3.05) is 11.5 Å². The summed E-state index contributed by atoms with van der Waals surface area (Å²) < 4.78 is 0. The summed E-state index contributed by atoms with van der Waals surface area (Å²) in [6, 6.07) is -1.37. The van der Waals surface area contributed by atoms with Crippen molar-refractivity contribution in [1.82, 2.24) is 21.5 Å². The highest BCUT2D eigenvalue weighted by Gasteiger charge is 2.15. The molecule has 4 amide bonds. The first-order valence-electron chi connectivity index (χ1n) is 7.15. The van der Waals surface area contributed by atoms with Gasteiger partial charge in [-0.15, -0.1) is 0 Å². The van der Waals surface area contributed by atoms with Crippen LogP contribution in [0.2, 0.25) is 0 Å². The lowest BCUT2D eigenvalue weighted by atomic mass is 10.3. The number of hydrogen-bond donors (Lipinski definition) is 6. The zero-order chi connectivity index (χ0) is 18.5. The Bertz CT molecular complexity index is 411. The molecule has 24 heavy (non-hydrogen) atoms. The summed E-state index contributed by atoms with van der Waals surface area (Å²) in [5, 5.41) is 5.02. The summed E-state index contributed by atoms with van der Waals surface area (Å²) in [5.74, 6) is 9.58. The van der Waals surface area contributed by atoms with Crippen LogP contribution >= 0.6 is 21.6 Å². The van der Waals surface area contributed by atoms with E-state index in [4.69, 9.17) is 11.7 Å². The smallest absolute Gasteiger partial charge is 0.256 e. The van der Waals surface area contributed by atoms with Crippen LogP contribution in [0.1, 0.15) is 26.7 Å². The van der Waals surface area contributed by atoms with Gasteiger partial charge in [0, 0.05) is 24.3 Å². The summed E-state index contributed by atoms with van der Waals surface area (Å²) in [5.41, 5.74) is 3.91. The van der Waals surface area contributed by atoms with Crippen molar-refractivity contribution in [1.29, 1.82) is 0 Å². The largest absolute Gasteiger partial charge is 0.345 e. The van der Waals surface area contributed by atoms with Gasteiger partial charge in [0.1, 0.15) is 12.1 Å². The summed E-state index contributed by atoms with van der Waals surface area (Å²) >= 11 is 0. The Labute approximate surface area is 148 Å². The number of nitrogens with two attached hydrogens (primary N) is 2. The van der Waals surface area contributed by atoms with Crippen molar-refractivity contribution in [3.8, 4) is 0 Å². The van der Waals surface area contributed by atoms with E-state index in [1.807, 2.05) is 10.9 Å². The Balaban J connectivity index is 3.70. The van der Waals surface area contributed by atoms with Crippen LogP contribution in [-0.4, -0.2) is 47.2 Å². The molecule has 0 spiro atoms. The van der Waals surface area contributed by atoms with Gasteiger partial charge in [0.05, 0.1) is 0 Å². The first kappa shape index (κ1) is 22.5. The average molecular weight is 380 g/mol. The van der Waals surface area contributed by atoms with Crippen molar-refractivity contribution >= 4 is 45.2 Å². The van der Waals surface area contributed by atoms with Crippen LogP contribution in [-0.2, 0) is 19.2 Å². The second-order valence-electron chi connectivity index (χ2n) is 4.74. The van der Waals surface area contributed by atoms with E-state index in [9.17, 15) is 19.2 Å². The molecule has 12 heteroatoms. The summed E-state index contributed by atoms with van der Waals surface area (Å²) in [6.45, 7) is 3.07. The second-order valence-corrected chi connectivity index (χ2v) is 7.44. The van der Waals surface area contributed by atoms with Gasteiger partial charge in [-0.3, -0.25) is 30.0 Å². The number of carbonyl (C=O) groups excluding carboxylic acids is 4. The van der Waals surface area contributed by atoms with Gasteiger partial charge >= 0.3 is 0 Å². The van der Waals surface area contributed by atoms with Crippen LogP contribution in [0.15, 0.2) is 0 Å². The van der Waals surface area contributed by atoms with Crippen LogP contribution < -0.4 is 33.2 Å². The van der Waals surface area contributed by atoms with Gasteiger partial charge in [0.15, 0.2) is 0 Å². The van der Waals surface area contributed by atoms with Gasteiger partial charge in [-0.05, 0) is 13.8 Å². The number of nitrogens with one attached hydrogen (secondary N) is 4. The van der Waals surface area contributed by atoms with Gasteiger partial charge in [0.25, 0.3) is 11.8 Å². The van der Waals surface area contributed by atoms with Crippen molar-refractivity contribution in [3.63, 3.8) is 0 Å². The third kappa shape index (κ3) is 10.3. The lowest BCUT2D eigenvalue weighted by Gasteiger charge is -2.12. The zero-order valence-electron chi connectivity index (χ0n) is 13.6. The predicted molar refractivity (Wildman–Crippen MR) is 94.0 cm³/mol. The van der Waals surface area contributed by atoms with E-state index in [1.165, 1.54) is 35.4 Å². The van der Waals surface area contributed by atoms with E-state index in [0.717, 1.165) is 0 Å². The van der Waals surface area contributed by atoms with E-state index in [1.54, 1.807) is 0 Å². The molecule has 0 aromatic heterocycles. The molecule has 0 rings (SSSR count). The fourth-order valence-electron chi connectivity index (χ4n) is 1.39. The van der Waals surface area contributed by atoms with E-state index in [2.05, 4.69) is 10.6 Å². The maximum absolute atomic E-state index is 11.6. The van der Waals surface area contributed by atoms with Crippen LogP contribution in [0.5, 0.6) is 0 Å². The molecule has 0 aliphatic carbocycles. The maximum Gasteiger partial charge on any atom is 0.256 e. The molecule has 8 N–H and O–H groups in total. The van der Waals surface area contributed by atoms with Crippen LogP contribution in [0.4, 0.5) is 0 Å². The molecule has 138 valence electrons. The van der Waals surface area contributed by atoms with Gasteiger partial charge in [-0.2, -0.15) is 0 Å². The molecule has 0 heterocycles. The molecule has 0 aliphatic rings. The molecule has 0 bridgehead atoms. The maximum atomic E-state index is 11.6. The van der Waals surface area contributed by atoms with Crippen LogP contribution in [0, 0.1) is 0 Å².